The van der Waals surface area contributed by atoms with Crippen LogP contribution in [-0.4, -0.2) is 4.98 Å². The Bertz CT molecular complexity index is 1150. The van der Waals surface area contributed by atoms with Crippen molar-refractivity contribution in [3.8, 4) is 17.3 Å². The number of rotatable bonds is 3. The number of hydrogen-bond donors (Lipinski definition) is 0. The second-order valence-corrected chi connectivity index (χ2v) is 7.12. The van der Waals surface area contributed by atoms with Crippen LogP contribution in [0.1, 0.15) is 10.6 Å². The summed E-state index contributed by atoms with van der Waals surface area (Å²) in [6.07, 6.45) is 1.83. The van der Waals surface area contributed by atoms with Crippen LogP contribution < -0.4 is 0 Å². The molecule has 3 aromatic carbocycles. The highest BCUT2D eigenvalue weighted by atomic mass is 35.5. The molecule has 0 bridgehead atoms. The van der Waals surface area contributed by atoms with Crippen LogP contribution in [0.4, 0.5) is 0 Å². The number of hydrogen-bond acceptors (Lipinski definition) is 3. The van der Waals surface area contributed by atoms with Crippen LogP contribution in [0.3, 0.4) is 0 Å². The van der Waals surface area contributed by atoms with Crippen LogP contribution in [0.5, 0.6) is 0 Å². The Morgan fingerprint density at radius 2 is 1.77 bits per heavy atom. The Morgan fingerprint density at radius 1 is 1.00 bits per heavy atom. The molecule has 1 aromatic heterocycles. The molecule has 2 nitrogen and oxygen atoms in total. The molecule has 0 aliphatic heterocycles. The summed E-state index contributed by atoms with van der Waals surface area (Å²) in [6, 6.07) is 24.2. The predicted molar refractivity (Wildman–Crippen MR) is 110 cm³/mol. The minimum Gasteiger partial charge on any atom is -0.235 e. The maximum Gasteiger partial charge on any atom is 0.134 e. The zero-order valence-corrected chi connectivity index (χ0v) is 15.3. The fourth-order valence-corrected chi connectivity index (χ4v) is 3.67. The van der Waals surface area contributed by atoms with Crippen molar-refractivity contribution in [1.82, 2.24) is 4.98 Å². The van der Waals surface area contributed by atoms with Gasteiger partial charge in [-0.1, -0.05) is 60.1 Å². The molecule has 0 aliphatic rings. The SMILES string of the molecule is N#C/C(=C\c1ccc(Cl)cc1)c1nc(-c2ccc3ccccc3c2)cs1. The van der Waals surface area contributed by atoms with Crippen LogP contribution in [-0.2, 0) is 0 Å². The summed E-state index contributed by atoms with van der Waals surface area (Å²) in [5.74, 6) is 0. The molecule has 0 spiro atoms. The molecular formula is C22H13ClN2S. The number of aromatic nitrogens is 1. The first-order valence-corrected chi connectivity index (χ1v) is 9.31. The van der Waals surface area contributed by atoms with E-state index in [9.17, 15) is 5.26 Å². The lowest BCUT2D eigenvalue weighted by molar-refractivity contribution is 1.37. The summed E-state index contributed by atoms with van der Waals surface area (Å²) in [4.78, 5) is 4.67. The van der Waals surface area contributed by atoms with E-state index in [2.05, 4.69) is 41.4 Å². The van der Waals surface area contributed by atoms with E-state index >= 15 is 0 Å². The van der Waals surface area contributed by atoms with E-state index in [1.54, 1.807) is 0 Å². The number of thiazole rings is 1. The standard InChI is InChI=1S/C22H13ClN2S/c23-20-9-5-15(6-10-20)11-19(13-24)22-25-21(14-26-22)18-8-7-16-3-1-2-4-17(16)12-18/h1-12,14H/b19-11+. The molecule has 0 aliphatic carbocycles. The van der Waals surface area contributed by atoms with Crippen molar-refractivity contribution in [2.75, 3.05) is 0 Å². The summed E-state index contributed by atoms with van der Waals surface area (Å²) in [6.45, 7) is 0. The number of fused-ring (bicyclic) bond motifs is 1. The van der Waals surface area contributed by atoms with Crippen molar-refractivity contribution in [1.29, 1.82) is 5.26 Å². The van der Waals surface area contributed by atoms with Gasteiger partial charge in [0.25, 0.3) is 0 Å². The summed E-state index contributed by atoms with van der Waals surface area (Å²) in [7, 11) is 0. The van der Waals surface area contributed by atoms with Crippen LogP contribution in [0.2, 0.25) is 5.02 Å². The average Bonchev–Trinajstić information content (AvgIpc) is 3.17. The first-order chi connectivity index (χ1) is 12.7. The zero-order valence-electron chi connectivity index (χ0n) is 13.7. The van der Waals surface area contributed by atoms with Crippen molar-refractivity contribution in [3.05, 3.63) is 87.7 Å². The van der Waals surface area contributed by atoms with Gasteiger partial charge < -0.3 is 0 Å². The van der Waals surface area contributed by atoms with Gasteiger partial charge in [0.05, 0.1) is 11.3 Å². The first-order valence-electron chi connectivity index (χ1n) is 8.05. The van der Waals surface area contributed by atoms with Crippen LogP contribution in [0, 0.1) is 11.3 Å². The van der Waals surface area contributed by atoms with Crippen LogP contribution >= 0.6 is 22.9 Å². The Kier molecular flexibility index (Phi) is 4.53. The van der Waals surface area contributed by atoms with E-state index in [0.29, 0.717) is 15.6 Å². The molecule has 0 unspecified atom stereocenters. The Hall–Kier alpha value is -2.93. The minimum atomic E-state index is 0.546. The van der Waals surface area contributed by atoms with E-state index in [-0.39, 0.29) is 0 Å². The van der Waals surface area contributed by atoms with E-state index in [4.69, 9.17) is 11.6 Å². The van der Waals surface area contributed by atoms with E-state index < -0.39 is 0 Å². The lowest BCUT2D eigenvalue weighted by Crippen LogP contribution is -1.83. The lowest BCUT2D eigenvalue weighted by Gasteiger charge is -2.01. The van der Waals surface area contributed by atoms with Crippen LogP contribution in [0.15, 0.2) is 72.1 Å². The van der Waals surface area contributed by atoms with Crippen molar-refractivity contribution >= 4 is 45.4 Å². The summed E-state index contributed by atoms with van der Waals surface area (Å²) < 4.78 is 0. The first kappa shape index (κ1) is 16.5. The highest BCUT2D eigenvalue weighted by Gasteiger charge is 2.09. The molecule has 4 rings (SSSR count). The summed E-state index contributed by atoms with van der Waals surface area (Å²) >= 11 is 7.39. The van der Waals surface area contributed by atoms with Gasteiger partial charge in [0.15, 0.2) is 0 Å². The molecule has 124 valence electrons. The van der Waals surface area contributed by atoms with Gasteiger partial charge in [-0.25, -0.2) is 4.98 Å². The number of halogens is 1. The second kappa shape index (κ2) is 7.13. The van der Waals surface area contributed by atoms with Crippen molar-refractivity contribution in [2.24, 2.45) is 0 Å². The Balaban J connectivity index is 1.69. The third-order valence-electron chi connectivity index (χ3n) is 4.08. The highest BCUT2D eigenvalue weighted by molar-refractivity contribution is 7.11. The zero-order chi connectivity index (χ0) is 17.9. The molecule has 4 aromatic rings. The molecule has 26 heavy (non-hydrogen) atoms. The van der Waals surface area contributed by atoms with Crippen LogP contribution in [0.25, 0.3) is 33.7 Å². The monoisotopic (exact) mass is 372 g/mol. The van der Waals surface area contributed by atoms with E-state index in [1.165, 1.54) is 22.1 Å². The lowest BCUT2D eigenvalue weighted by atomic mass is 10.1. The topological polar surface area (TPSA) is 36.7 Å². The fourth-order valence-electron chi connectivity index (χ4n) is 2.75. The van der Waals surface area contributed by atoms with Gasteiger partial charge in [-0.15, -0.1) is 11.3 Å². The van der Waals surface area contributed by atoms with Crippen molar-refractivity contribution < 1.29 is 0 Å². The van der Waals surface area contributed by atoms with E-state index in [0.717, 1.165) is 16.8 Å². The molecule has 0 N–H and O–H groups in total. The predicted octanol–water partition coefficient (Wildman–Crippen LogP) is 6.68. The quantitative estimate of drug-likeness (QED) is 0.376. The average molecular weight is 373 g/mol. The molecule has 0 saturated carbocycles. The van der Waals surface area contributed by atoms with Gasteiger partial charge in [0.1, 0.15) is 11.1 Å². The van der Waals surface area contributed by atoms with Gasteiger partial charge in [-0.05, 0) is 40.6 Å². The number of nitriles is 1. The Morgan fingerprint density at radius 3 is 2.54 bits per heavy atom. The largest absolute Gasteiger partial charge is 0.235 e. The van der Waals surface area contributed by atoms with Gasteiger partial charge in [-0.2, -0.15) is 5.26 Å². The van der Waals surface area contributed by atoms with Crippen molar-refractivity contribution in [2.45, 2.75) is 0 Å². The molecule has 0 fully saturated rings. The van der Waals surface area contributed by atoms with Gasteiger partial charge in [-0.3, -0.25) is 0 Å². The number of benzene rings is 3. The van der Waals surface area contributed by atoms with Crippen molar-refractivity contribution in [3.63, 3.8) is 0 Å². The normalized spacial score (nSPS) is 11.5. The molecule has 0 atom stereocenters. The fraction of sp³-hybridized carbons (Fsp3) is 0. The third-order valence-corrected chi connectivity index (χ3v) is 5.21. The summed E-state index contributed by atoms with van der Waals surface area (Å²) in [5.41, 5.74) is 3.40. The molecule has 4 heteroatoms. The number of allylic oxidation sites excluding steroid dienone is 1. The van der Waals surface area contributed by atoms with Gasteiger partial charge in [0, 0.05) is 16.0 Å². The Labute approximate surface area is 160 Å². The van der Waals surface area contributed by atoms with Gasteiger partial charge in [0.2, 0.25) is 0 Å². The molecule has 0 radical (unpaired) electrons. The molecule has 0 saturated heterocycles. The maximum atomic E-state index is 9.54. The third kappa shape index (κ3) is 3.39. The molecule has 0 amide bonds. The summed E-state index contributed by atoms with van der Waals surface area (Å²) in [5, 5.41) is 15.3. The smallest absolute Gasteiger partial charge is 0.134 e. The van der Waals surface area contributed by atoms with Gasteiger partial charge >= 0.3 is 0 Å². The minimum absolute atomic E-state index is 0.546. The maximum absolute atomic E-state index is 9.54. The second-order valence-electron chi connectivity index (χ2n) is 5.82. The highest BCUT2D eigenvalue weighted by Crippen LogP contribution is 2.29. The number of nitrogens with zero attached hydrogens (tertiary/aromatic N) is 2. The van der Waals surface area contributed by atoms with E-state index in [1.807, 2.05) is 47.9 Å². The molecule has 1 heterocycles. The molecular weight excluding hydrogens is 360 g/mol.